The Labute approximate surface area is 133 Å². The molecule has 116 valence electrons. The minimum atomic E-state index is 0.846. The molecule has 3 nitrogen and oxygen atoms in total. The van der Waals surface area contributed by atoms with Crippen LogP contribution in [0.1, 0.15) is 13.3 Å². The molecule has 0 saturated carbocycles. The van der Waals surface area contributed by atoms with Crippen molar-refractivity contribution in [2.75, 3.05) is 50.7 Å². The van der Waals surface area contributed by atoms with Crippen LogP contribution in [0.25, 0.3) is 0 Å². The lowest BCUT2D eigenvalue weighted by molar-refractivity contribution is 0.276. The normalized spacial score (nSPS) is 16.2. The first kappa shape index (κ1) is 16.3. The maximum absolute atomic E-state index is 6.27. The standard InChI is InChI=1S/C17H26ClN3/c1-3-8-19-13-15(2)14-20-9-11-21(12-10-20)17-7-5-4-6-16(17)18/h4-7,19H,2-3,8-14H2,1H3. The largest absolute Gasteiger partial charge is 0.368 e. The number of hydrogen-bond acceptors (Lipinski definition) is 3. The first-order valence-corrected chi connectivity index (χ1v) is 8.17. The minimum Gasteiger partial charge on any atom is -0.368 e. The highest BCUT2D eigenvalue weighted by Gasteiger charge is 2.18. The van der Waals surface area contributed by atoms with Gasteiger partial charge in [0.15, 0.2) is 0 Å². The number of benzene rings is 1. The maximum Gasteiger partial charge on any atom is 0.0639 e. The molecule has 0 atom stereocenters. The van der Waals surface area contributed by atoms with Gasteiger partial charge in [0.1, 0.15) is 0 Å². The van der Waals surface area contributed by atoms with Crippen molar-refractivity contribution in [1.29, 1.82) is 0 Å². The second-order valence-electron chi connectivity index (χ2n) is 5.64. The van der Waals surface area contributed by atoms with E-state index in [0.29, 0.717) is 0 Å². The molecule has 0 spiro atoms. The molecule has 1 saturated heterocycles. The Hall–Kier alpha value is -1.03. The summed E-state index contributed by atoms with van der Waals surface area (Å²) in [5, 5.41) is 4.26. The minimum absolute atomic E-state index is 0.846. The number of hydrogen-bond donors (Lipinski definition) is 1. The van der Waals surface area contributed by atoms with Crippen molar-refractivity contribution in [3.05, 3.63) is 41.4 Å². The van der Waals surface area contributed by atoms with E-state index in [1.54, 1.807) is 0 Å². The maximum atomic E-state index is 6.27. The Bertz CT molecular complexity index is 453. The summed E-state index contributed by atoms with van der Waals surface area (Å²) >= 11 is 6.27. The number of rotatable bonds is 7. The van der Waals surface area contributed by atoms with E-state index in [-0.39, 0.29) is 0 Å². The van der Waals surface area contributed by atoms with Gasteiger partial charge in [0.05, 0.1) is 10.7 Å². The zero-order valence-electron chi connectivity index (χ0n) is 12.9. The Morgan fingerprint density at radius 1 is 1.24 bits per heavy atom. The summed E-state index contributed by atoms with van der Waals surface area (Å²) < 4.78 is 0. The summed E-state index contributed by atoms with van der Waals surface area (Å²) in [6, 6.07) is 8.10. The topological polar surface area (TPSA) is 18.5 Å². The van der Waals surface area contributed by atoms with E-state index in [0.717, 1.165) is 56.5 Å². The molecule has 2 rings (SSSR count). The van der Waals surface area contributed by atoms with Crippen LogP contribution in [0.3, 0.4) is 0 Å². The summed E-state index contributed by atoms with van der Waals surface area (Å²) in [5.74, 6) is 0. The van der Waals surface area contributed by atoms with Crippen molar-refractivity contribution in [3.8, 4) is 0 Å². The van der Waals surface area contributed by atoms with Crippen molar-refractivity contribution in [3.63, 3.8) is 0 Å². The van der Waals surface area contributed by atoms with Gasteiger partial charge in [-0.25, -0.2) is 0 Å². The highest BCUT2D eigenvalue weighted by Crippen LogP contribution is 2.26. The smallest absolute Gasteiger partial charge is 0.0639 e. The molecule has 0 aromatic heterocycles. The number of anilines is 1. The van der Waals surface area contributed by atoms with Crippen molar-refractivity contribution < 1.29 is 0 Å². The highest BCUT2D eigenvalue weighted by atomic mass is 35.5. The van der Waals surface area contributed by atoms with Crippen molar-refractivity contribution >= 4 is 17.3 Å². The van der Waals surface area contributed by atoms with Gasteiger partial charge >= 0.3 is 0 Å². The fourth-order valence-corrected chi connectivity index (χ4v) is 2.92. The first-order valence-electron chi connectivity index (χ1n) is 7.80. The van der Waals surface area contributed by atoms with E-state index in [9.17, 15) is 0 Å². The fraction of sp³-hybridized carbons (Fsp3) is 0.529. The number of para-hydroxylation sites is 1. The monoisotopic (exact) mass is 307 g/mol. The van der Waals surface area contributed by atoms with Crippen molar-refractivity contribution in [2.24, 2.45) is 0 Å². The lowest BCUT2D eigenvalue weighted by Gasteiger charge is -2.36. The zero-order chi connectivity index (χ0) is 15.1. The number of halogens is 1. The van der Waals surface area contributed by atoms with E-state index in [4.69, 9.17) is 11.6 Å². The molecule has 0 bridgehead atoms. The lowest BCUT2D eigenvalue weighted by atomic mass is 10.2. The third-order valence-corrected chi connectivity index (χ3v) is 4.13. The van der Waals surface area contributed by atoms with Crippen LogP contribution in [0.15, 0.2) is 36.4 Å². The van der Waals surface area contributed by atoms with Gasteiger partial charge < -0.3 is 10.2 Å². The summed E-state index contributed by atoms with van der Waals surface area (Å²) in [5.41, 5.74) is 2.43. The molecule has 1 aromatic rings. The SMILES string of the molecule is C=C(CNCCC)CN1CCN(c2ccccc2Cl)CC1. The average molecular weight is 308 g/mol. The molecule has 0 unspecified atom stereocenters. The Balaban J connectivity index is 1.76. The number of piperazine rings is 1. The van der Waals surface area contributed by atoms with Gasteiger partial charge in [0.25, 0.3) is 0 Å². The van der Waals surface area contributed by atoms with Crippen LogP contribution in [0.5, 0.6) is 0 Å². The summed E-state index contributed by atoms with van der Waals surface area (Å²) in [6.45, 7) is 13.5. The molecule has 1 heterocycles. The van der Waals surface area contributed by atoms with Gasteiger partial charge in [0.2, 0.25) is 0 Å². The van der Waals surface area contributed by atoms with E-state index < -0.39 is 0 Å². The van der Waals surface area contributed by atoms with Crippen LogP contribution in [-0.4, -0.2) is 50.7 Å². The van der Waals surface area contributed by atoms with Crippen LogP contribution in [-0.2, 0) is 0 Å². The van der Waals surface area contributed by atoms with E-state index in [1.165, 1.54) is 12.0 Å². The molecule has 1 N–H and O–H groups in total. The second-order valence-corrected chi connectivity index (χ2v) is 6.05. The average Bonchev–Trinajstić information content (AvgIpc) is 2.49. The zero-order valence-corrected chi connectivity index (χ0v) is 13.7. The molecule has 1 fully saturated rings. The number of nitrogens with zero attached hydrogens (tertiary/aromatic N) is 2. The predicted octanol–water partition coefficient (Wildman–Crippen LogP) is 3.02. The molecule has 1 aliphatic rings. The Morgan fingerprint density at radius 2 is 1.95 bits per heavy atom. The molecule has 0 radical (unpaired) electrons. The molecule has 1 aromatic carbocycles. The van der Waals surface area contributed by atoms with Crippen LogP contribution in [0.4, 0.5) is 5.69 Å². The Morgan fingerprint density at radius 3 is 2.62 bits per heavy atom. The first-order chi connectivity index (χ1) is 10.2. The van der Waals surface area contributed by atoms with Gasteiger partial charge in [-0.05, 0) is 30.7 Å². The quantitative estimate of drug-likeness (QED) is 0.617. The predicted molar refractivity (Wildman–Crippen MR) is 92.4 cm³/mol. The third-order valence-electron chi connectivity index (χ3n) is 3.81. The molecule has 21 heavy (non-hydrogen) atoms. The Kier molecular flexibility index (Phi) is 6.55. The van der Waals surface area contributed by atoms with Gasteiger partial charge in [0, 0.05) is 39.3 Å². The van der Waals surface area contributed by atoms with E-state index in [1.807, 2.05) is 12.1 Å². The van der Waals surface area contributed by atoms with Crippen molar-refractivity contribution in [2.45, 2.75) is 13.3 Å². The van der Waals surface area contributed by atoms with Crippen LogP contribution >= 0.6 is 11.6 Å². The summed E-state index contributed by atoms with van der Waals surface area (Å²) in [6.07, 6.45) is 1.17. The van der Waals surface area contributed by atoms with Gasteiger partial charge in [-0.3, -0.25) is 4.90 Å². The van der Waals surface area contributed by atoms with Crippen LogP contribution in [0, 0.1) is 0 Å². The molecular weight excluding hydrogens is 282 g/mol. The number of nitrogens with one attached hydrogen (secondary N) is 1. The molecule has 1 aliphatic heterocycles. The second kappa shape index (κ2) is 8.42. The van der Waals surface area contributed by atoms with Crippen molar-refractivity contribution in [1.82, 2.24) is 10.2 Å². The molecule has 4 heteroatoms. The highest BCUT2D eigenvalue weighted by molar-refractivity contribution is 6.33. The molecule has 0 aliphatic carbocycles. The van der Waals surface area contributed by atoms with Crippen LogP contribution in [0.2, 0.25) is 5.02 Å². The van der Waals surface area contributed by atoms with E-state index in [2.05, 4.69) is 40.8 Å². The molecular formula is C17H26ClN3. The fourth-order valence-electron chi connectivity index (χ4n) is 2.67. The van der Waals surface area contributed by atoms with Crippen LogP contribution < -0.4 is 10.2 Å². The van der Waals surface area contributed by atoms with Gasteiger partial charge in [-0.2, -0.15) is 0 Å². The third kappa shape index (κ3) is 5.03. The lowest BCUT2D eigenvalue weighted by Crippen LogP contribution is -2.47. The van der Waals surface area contributed by atoms with Gasteiger partial charge in [-0.1, -0.05) is 37.2 Å². The summed E-state index contributed by atoms with van der Waals surface area (Å²) in [4.78, 5) is 4.85. The van der Waals surface area contributed by atoms with E-state index >= 15 is 0 Å². The summed E-state index contributed by atoms with van der Waals surface area (Å²) in [7, 11) is 0. The molecule has 0 amide bonds. The van der Waals surface area contributed by atoms with Gasteiger partial charge in [-0.15, -0.1) is 0 Å².